The second-order valence-corrected chi connectivity index (χ2v) is 3.70. The van der Waals surface area contributed by atoms with Gasteiger partial charge in [0.1, 0.15) is 0 Å². The molecule has 72 valence electrons. The van der Waals surface area contributed by atoms with Crippen LogP contribution in [0.1, 0.15) is 26.2 Å². The summed E-state index contributed by atoms with van der Waals surface area (Å²) in [7, 11) is 0. The molecule has 0 radical (unpaired) electrons. The highest BCUT2D eigenvalue weighted by Gasteiger charge is 1.95. The van der Waals surface area contributed by atoms with Gasteiger partial charge in [0.2, 0.25) is 0 Å². The Morgan fingerprint density at radius 1 is 1.21 bits per heavy atom. The Hall–Kier alpha value is -1.37. The number of rotatable bonds is 0. The molecule has 0 fully saturated rings. The van der Waals surface area contributed by atoms with Crippen molar-refractivity contribution in [3.63, 3.8) is 0 Å². The SMILES string of the molecule is C\C1=c2/cccc/c2=N\C=C/CCC1. The zero-order chi connectivity index (χ0) is 9.80. The standard InChI is InChI=1S/C13H15N/c1-11-7-3-2-6-10-14-13-9-5-4-8-12(11)13/h4-6,8-10H,2-3,7H2,1H3/b10-6-,12-11-,14-13+. The summed E-state index contributed by atoms with van der Waals surface area (Å²) in [5, 5.41) is 2.40. The van der Waals surface area contributed by atoms with E-state index in [4.69, 9.17) is 0 Å². The molecule has 0 spiro atoms. The molecule has 0 bridgehead atoms. The minimum absolute atomic E-state index is 1.10. The number of benzene rings is 1. The zero-order valence-corrected chi connectivity index (χ0v) is 8.53. The highest BCUT2D eigenvalue weighted by Crippen LogP contribution is 2.06. The fourth-order valence-corrected chi connectivity index (χ4v) is 1.77. The Kier molecular flexibility index (Phi) is 2.78. The van der Waals surface area contributed by atoms with Gasteiger partial charge >= 0.3 is 0 Å². The van der Waals surface area contributed by atoms with Crippen LogP contribution in [-0.4, -0.2) is 0 Å². The number of hydrogen-bond acceptors (Lipinski definition) is 1. The highest BCUT2D eigenvalue weighted by atomic mass is 14.7. The number of nitrogens with zero attached hydrogens (tertiary/aromatic N) is 1. The Bertz CT molecular complexity index is 454. The summed E-state index contributed by atoms with van der Waals surface area (Å²) >= 11 is 0. The summed E-state index contributed by atoms with van der Waals surface area (Å²) in [6, 6.07) is 8.36. The van der Waals surface area contributed by atoms with Crippen LogP contribution in [0.25, 0.3) is 5.57 Å². The number of fused-ring (bicyclic) bond motifs is 1. The van der Waals surface area contributed by atoms with Crippen LogP contribution in [0.4, 0.5) is 0 Å². The summed E-state index contributed by atoms with van der Waals surface area (Å²) in [6.45, 7) is 2.21. The van der Waals surface area contributed by atoms with E-state index in [1.165, 1.54) is 23.6 Å². The molecule has 0 aromatic heterocycles. The first-order valence-electron chi connectivity index (χ1n) is 5.15. The molecule has 0 amide bonds. The quantitative estimate of drug-likeness (QED) is 0.587. The van der Waals surface area contributed by atoms with Crippen LogP contribution in [0.2, 0.25) is 0 Å². The van der Waals surface area contributed by atoms with Crippen LogP contribution in [0.5, 0.6) is 0 Å². The Labute approximate surface area is 84.5 Å². The van der Waals surface area contributed by atoms with Crippen molar-refractivity contribution in [1.82, 2.24) is 0 Å². The second-order valence-electron chi connectivity index (χ2n) is 3.70. The molecule has 1 aromatic carbocycles. The third kappa shape index (κ3) is 1.92. The molecule has 0 unspecified atom stereocenters. The van der Waals surface area contributed by atoms with Gasteiger partial charge in [0, 0.05) is 6.20 Å². The molecule has 1 heteroatoms. The van der Waals surface area contributed by atoms with Crippen molar-refractivity contribution in [1.29, 1.82) is 0 Å². The minimum Gasteiger partial charge on any atom is -0.257 e. The van der Waals surface area contributed by atoms with Crippen molar-refractivity contribution in [3.05, 3.63) is 47.1 Å². The summed E-state index contributed by atoms with van der Waals surface area (Å²) in [4.78, 5) is 4.46. The van der Waals surface area contributed by atoms with Crippen LogP contribution in [0, 0.1) is 0 Å². The Balaban J connectivity index is 2.71. The first-order chi connectivity index (χ1) is 6.88. The normalized spacial score (nSPS) is 24.8. The van der Waals surface area contributed by atoms with E-state index in [1.54, 1.807) is 0 Å². The molecule has 1 nitrogen and oxygen atoms in total. The lowest BCUT2D eigenvalue weighted by Crippen LogP contribution is -2.25. The predicted molar refractivity (Wildman–Crippen MR) is 59.3 cm³/mol. The molecule has 1 aliphatic rings. The van der Waals surface area contributed by atoms with Gasteiger partial charge in [0.15, 0.2) is 0 Å². The van der Waals surface area contributed by atoms with E-state index in [0.717, 1.165) is 11.8 Å². The number of allylic oxidation sites excluding steroid dienone is 1. The van der Waals surface area contributed by atoms with Gasteiger partial charge in [-0.2, -0.15) is 0 Å². The van der Waals surface area contributed by atoms with Crippen molar-refractivity contribution in [2.45, 2.75) is 26.2 Å². The fraction of sp³-hybridized carbons (Fsp3) is 0.308. The van der Waals surface area contributed by atoms with Gasteiger partial charge in [0.25, 0.3) is 0 Å². The van der Waals surface area contributed by atoms with Gasteiger partial charge in [0.05, 0.1) is 5.36 Å². The van der Waals surface area contributed by atoms with E-state index in [2.05, 4.69) is 36.2 Å². The van der Waals surface area contributed by atoms with Crippen LogP contribution in [-0.2, 0) is 0 Å². The number of para-hydroxylation sites is 1. The van der Waals surface area contributed by atoms with Gasteiger partial charge < -0.3 is 0 Å². The van der Waals surface area contributed by atoms with E-state index in [0.29, 0.717) is 0 Å². The van der Waals surface area contributed by atoms with E-state index < -0.39 is 0 Å². The molecule has 0 saturated carbocycles. The van der Waals surface area contributed by atoms with Gasteiger partial charge in [-0.05, 0) is 37.5 Å². The van der Waals surface area contributed by atoms with Crippen molar-refractivity contribution < 1.29 is 0 Å². The molecule has 1 aliphatic heterocycles. The largest absolute Gasteiger partial charge is 0.257 e. The average Bonchev–Trinajstić information content (AvgIpc) is 2.30. The molecule has 2 rings (SSSR count). The lowest BCUT2D eigenvalue weighted by molar-refractivity contribution is 0.873. The third-order valence-corrected chi connectivity index (χ3v) is 2.61. The molecule has 0 N–H and O–H groups in total. The molecular formula is C13H15N. The maximum absolute atomic E-state index is 4.46. The second kappa shape index (κ2) is 4.23. The zero-order valence-electron chi connectivity index (χ0n) is 8.53. The van der Waals surface area contributed by atoms with Crippen molar-refractivity contribution in [3.8, 4) is 0 Å². The first-order valence-corrected chi connectivity index (χ1v) is 5.15. The lowest BCUT2D eigenvalue weighted by Gasteiger charge is -1.98. The highest BCUT2D eigenvalue weighted by molar-refractivity contribution is 5.41. The molecule has 0 saturated heterocycles. The topological polar surface area (TPSA) is 12.4 Å². The Morgan fingerprint density at radius 3 is 3.00 bits per heavy atom. The summed E-state index contributed by atoms with van der Waals surface area (Å²) < 4.78 is 0. The monoisotopic (exact) mass is 185 g/mol. The van der Waals surface area contributed by atoms with Gasteiger partial charge in [-0.15, -0.1) is 0 Å². The van der Waals surface area contributed by atoms with Gasteiger partial charge in [-0.25, -0.2) is 0 Å². The predicted octanol–water partition coefficient (Wildman–Crippen LogP) is 2.17. The third-order valence-electron chi connectivity index (χ3n) is 2.61. The summed E-state index contributed by atoms with van der Waals surface area (Å²) in [6.07, 6.45) is 7.62. The maximum atomic E-state index is 4.46. The van der Waals surface area contributed by atoms with Gasteiger partial charge in [-0.3, -0.25) is 4.99 Å². The van der Waals surface area contributed by atoms with Crippen LogP contribution in [0.3, 0.4) is 0 Å². The smallest absolute Gasteiger partial charge is 0.0701 e. The molecule has 1 heterocycles. The van der Waals surface area contributed by atoms with Crippen LogP contribution >= 0.6 is 0 Å². The van der Waals surface area contributed by atoms with Crippen LogP contribution < -0.4 is 10.6 Å². The molecule has 14 heavy (non-hydrogen) atoms. The van der Waals surface area contributed by atoms with E-state index in [9.17, 15) is 0 Å². The molecule has 1 aromatic rings. The van der Waals surface area contributed by atoms with Crippen molar-refractivity contribution in [2.24, 2.45) is 4.99 Å². The fourth-order valence-electron chi connectivity index (χ4n) is 1.77. The molecular weight excluding hydrogens is 170 g/mol. The van der Waals surface area contributed by atoms with Gasteiger partial charge in [-0.1, -0.05) is 29.8 Å². The van der Waals surface area contributed by atoms with E-state index in [-0.39, 0.29) is 0 Å². The molecule has 0 atom stereocenters. The van der Waals surface area contributed by atoms with Crippen LogP contribution in [0.15, 0.2) is 41.5 Å². The molecule has 0 aliphatic carbocycles. The van der Waals surface area contributed by atoms with Crippen molar-refractivity contribution in [2.75, 3.05) is 0 Å². The summed E-state index contributed by atoms with van der Waals surface area (Å²) in [5.41, 5.74) is 1.45. The number of hydrogen-bond donors (Lipinski definition) is 0. The summed E-state index contributed by atoms with van der Waals surface area (Å²) in [5.74, 6) is 0. The van der Waals surface area contributed by atoms with E-state index >= 15 is 0 Å². The van der Waals surface area contributed by atoms with Crippen molar-refractivity contribution >= 4 is 5.57 Å². The lowest BCUT2D eigenvalue weighted by atomic mass is 10.1. The average molecular weight is 185 g/mol. The first kappa shape index (κ1) is 9.20. The maximum Gasteiger partial charge on any atom is 0.0701 e. The Morgan fingerprint density at radius 2 is 2.07 bits per heavy atom. The van der Waals surface area contributed by atoms with E-state index in [1.807, 2.05) is 12.3 Å². The minimum atomic E-state index is 1.10.